The molecular formula is C15H12F2O3. The zero-order valence-corrected chi connectivity index (χ0v) is 10.7. The van der Waals surface area contributed by atoms with Crippen LogP contribution in [0.5, 0.6) is 11.5 Å². The van der Waals surface area contributed by atoms with Gasteiger partial charge >= 0.3 is 0 Å². The molecule has 0 saturated heterocycles. The maximum absolute atomic E-state index is 13.0. The van der Waals surface area contributed by atoms with Gasteiger partial charge in [0.2, 0.25) is 0 Å². The second-order valence-corrected chi connectivity index (χ2v) is 4.09. The lowest BCUT2D eigenvalue weighted by Gasteiger charge is -2.10. The van der Waals surface area contributed by atoms with E-state index in [1.165, 1.54) is 25.3 Å². The molecule has 0 unspecified atom stereocenters. The smallest absolute Gasteiger partial charge is 0.153 e. The van der Waals surface area contributed by atoms with Crippen LogP contribution in [-0.2, 0) is 6.61 Å². The fourth-order valence-corrected chi connectivity index (χ4v) is 1.73. The van der Waals surface area contributed by atoms with Gasteiger partial charge in [-0.15, -0.1) is 0 Å². The van der Waals surface area contributed by atoms with Crippen LogP contribution in [0.4, 0.5) is 8.78 Å². The Kier molecular flexibility index (Phi) is 4.30. The molecule has 0 radical (unpaired) electrons. The third-order valence-electron chi connectivity index (χ3n) is 2.66. The lowest BCUT2D eigenvalue weighted by molar-refractivity contribution is 0.111. The van der Waals surface area contributed by atoms with Crippen LogP contribution < -0.4 is 9.47 Å². The van der Waals surface area contributed by atoms with Crippen molar-refractivity contribution in [2.75, 3.05) is 7.11 Å². The Morgan fingerprint density at radius 1 is 1.10 bits per heavy atom. The standard InChI is InChI=1S/C15H12F2O3/c1-19-14-2-3-15(11(6-14)8-18)20-9-10-4-12(16)7-13(17)5-10/h2-8H,9H2,1H3. The molecule has 0 N–H and O–H groups in total. The summed E-state index contributed by atoms with van der Waals surface area (Å²) in [5, 5.41) is 0. The zero-order valence-electron chi connectivity index (χ0n) is 10.7. The molecule has 20 heavy (non-hydrogen) atoms. The van der Waals surface area contributed by atoms with Crippen molar-refractivity contribution in [2.45, 2.75) is 6.61 Å². The first-order valence-corrected chi connectivity index (χ1v) is 5.83. The zero-order chi connectivity index (χ0) is 14.5. The number of carbonyl (C=O) groups excluding carboxylic acids is 1. The minimum atomic E-state index is -0.672. The maximum atomic E-state index is 13.0. The lowest BCUT2D eigenvalue weighted by atomic mass is 10.2. The highest BCUT2D eigenvalue weighted by Crippen LogP contribution is 2.23. The SMILES string of the molecule is COc1ccc(OCc2cc(F)cc(F)c2)c(C=O)c1. The number of benzene rings is 2. The summed E-state index contributed by atoms with van der Waals surface area (Å²) in [5.74, 6) is -0.496. The molecule has 0 saturated carbocycles. The van der Waals surface area contributed by atoms with Crippen LogP contribution in [0.25, 0.3) is 0 Å². The topological polar surface area (TPSA) is 35.5 Å². The molecule has 2 aromatic rings. The molecule has 0 spiro atoms. The molecule has 2 rings (SSSR count). The minimum absolute atomic E-state index is 0.0398. The van der Waals surface area contributed by atoms with E-state index in [0.29, 0.717) is 28.9 Å². The van der Waals surface area contributed by atoms with E-state index in [-0.39, 0.29) is 6.61 Å². The predicted molar refractivity (Wildman–Crippen MR) is 69.1 cm³/mol. The van der Waals surface area contributed by atoms with E-state index in [4.69, 9.17) is 9.47 Å². The van der Waals surface area contributed by atoms with Gasteiger partial charge in [0.15, 0.2) is 6.29 Å². The Bertz CT molecular complexity index is 606. The van der Waals surface area contributed by atoms with Crippen molar-refractivity contribution in [2.24, 2.45) is 0 Å². The second-order valence-electron chi connectivity index (χ2n) is 4.09. The van der Waals surface area contributed by atoms with Gasteiger partial charge in [-0.3, -0.25) is 4.79 Å². The number of halogens is 2. The Morgan fingerprint density at radius 3 is 2.40 bits per heavy atom. The van der Waals surface area contributed by atoms with E-state index < -0.39 is 11.6 Å². The number of ether oxygens (including phenoxy) is 2. The minimum Gasteiger partial charge on any atom is -0.497 e. The van der Waals surface area contributed by atoms with E-state index in [0.717, 1.165) is 6.07 Å². The summed E-state index contributed by atoms with van der Waals surface area (Å²) in [5.41, 5.74) is 0.649. The second kappa shape index (κ2) is 6.14. The largest absolute Gasteiger partial charge is 0.497 e. The first-order chi connectivity index (χ1) is 9.62. The molecule has 0 aliphatic carbocycles. The number of aldehydes is 1. The van der Waals surface area contributed by atoms with Gasteiger partial charge in [-0.25, -0.2) is 8.78 Å². The van der Waals surface area contributed by atoms with Crippen molar-refractivity contribution in [3.05, 3.63) is 59.2 Å². The molecule has 5 heteroatoms. The van der Waals surface area contributed by atoms with Gasteiger partial charge in [-0.1, -0.05) is 0 Å². The lowest BCUT2D eigenvalue weighted by Crippen LogP contribution is -2.00. The maximum Gasteiger partial charge on any atom is 0.153 e. The average molecular weight is 278 g/mol. The van der Waals surface area contributed by atoms with E-state index >= 15 is 0 Å². The summed E-state index contributed by atoms with van der Waals surface area (Å²) < 4.78 is 36.5. The number of hydrogen-bond donors (Lipinski definition) is 0. The monoisotopic (exact) mass is 278 g/mol. The Hall–Kier alpha value is -2.43. The molecule has 0 aliphatic rings. The molecule has 0 aromatic heterocycles. The molecule has 0 atom stereocenters. The van der Waals surface area contributed by atoms with Crippen LogP contribution in [0.1, 0.15) is 15.9 Å². The fraction of sp³-hybridized carbons (Fsp3) is 0.133. The van der Waals surface area contributed by atoms with Crippen molar-refractivity contribution in [1.82, 2.24) is 0 Å². The van der Waals surface area contributed by atoms with Crippen molar-refractivity contribution >= 4 is 6.29 Å². The van der Waals surface area contributed by atoms with Crippen LogP contribution in [-0.4, -0.2) is 13.4 Å². The van der Waals surface area contributed by atoms with E-state index in [2.05, 4.69) is 0 Å². The Morgan fingerprint density at radius 2 is 1.80 bits per heavy atom. The van der Waals surface area contributed by atoms with Gasteiger partial charge < -0.3 is 9.47 Å². The third kappa shape index (κ3) is 3.32. The summed E-state index contributed by atoms with van der Waals surface area (Å²) in [6.45, 7) is -0.0398. The number of carbonyl (C=O) groups is 1. The summed E-state index contributed by atoms with van der Waals surface area (Å²) in [4.78, 5) is 11.0. The van der Waals surface area contributed by atoms with Crippen LogP contribution in [0.3, 0.4) is 0 Å². The molecule has 0 bridgehead atoms. The summed E-state index contributed by atoms with van der Waals surface area (Å²) in [6.07, 6.45) is 0.629. The average Bonchev–Trinajstić information content (AvgIpc) is 2.44. The summed E-state index contributed by atoms with van der Waals surface area (Å²) in [7, 11) is 1.49. The van der Waals surface area contributed by atoms with Crippen molar-refractivity contribution in [3.63, 3.8) is 0 Å². The van der Waals surface area contributed by atoms with Gasteiger partial charge in [-0.05, 0) is 35.9 Å². The van der Waals surface area contributed by atoms with Gasteiger partial charge in [0.05, 0.1) is 12.7 Å². The van der Waals surface area contributed by atoms with E-state index in [1.54, 1.807) is 12.1 Å². The van der Waals surface area contributed by atoms with E-state index in [9.17, 15) is 13.6 Å². The number of hydrogen-bond acceptors (Lipinski definition) is 3. The molecule has 104 valence electrons. The quantitative estimate of drug-likeness (QED) is 0.787. The molecule has 3 nitrogen and oxygen atoms in total. The summed E-state index contributed by atoms with van der Waals surface area (Å²) in [6, 6.07) is 7.86. The highest BCUT2D eigenvalue weighted by atomic mass is 19.1. The van der Waals surface area contributed by atoms with Crippen LogP contribution in [0.15, 0.2) is 36.4 Å². The van der Waals surface area contributed by atoms with E-state index in [1.807, 2.05) is 0 Å². The summed E-state index contributed by atoms with van der Waals surface area (Å²) >= 11 is 0. The molecule has 0 amide bonds. The van der Waals surface area contributed by atoms with Crippen molar-refractivity contribution in [1.29, 1.82) is 0 Å². The van der Waals surface area contributed by atoms with Gasteiger partial charge in [0.25, 0.3) is 0 Å². The van der Waals surface area contributed by atoms with Crippen LogP contribution >= 0.6 is 0 Å². The number of methoxy groups -OCH3 is 1. The highest BCUT2D eigenvalue weighted by Gasteiger charge is 2.07. The predicted octanol–water partition coefficient (Wildman–Crippen LogP) is 3.36. The van der Waals surface area contributed by atoms with Crippen LogP contribution in [0, 0.1) is 11.6 Å². The molecule has 2 aromatic carbocycles. The Labute approximate surface area is 114 Å². The molecular weight excluding hydrogens is 266 g/mol. The molecule has 0 fully saturated rings. The van der Waals surface area contributed by atoms with Gasteiger partial charge in [0.1, 0.15) is 29.7 Å². The van der Waals surface area contributed by atoms with Gasteiger partial charge in [-0.2, -0.15) is 0 Å². The third-order valence-corrected chi connectivity index (χ3v) is 2.66. The Balaban J connectivity index is 2.16. The number of rotatable bonds is 5. The van der Waals surface area contributed by atoms with Gasteiger partial charge in [0, 0.05) is 6.07 Å². The molecule has 0 aliphatic heterocycles. The van der Waals surface area contributed by atoms with Crippen molar-refractivity contribution in [3.8, 4) is 11.5 Å². The van der Waals surface area contributed by atoms with Crippen LogP contribution in [0.2, 0.25) is 0 Å². The first kappa shape index (κ1) is 14.0. The normalized spacial score (nSPS) is 10.2. The highest BCUT2D eigenvalue weighted by molar-refractivity contribution is 5.80. The first-order valence-electron chi connectivity index (χ1n) is 5.83. The fourth-order valence-electron chi connectivity index (χ4n) is 1.73. The molecule has 0 heterocycles. The van der Waals surface area contributed by atoms with Crippen molar-refractivity contribution < 1.29 is 23.0 Å².